The molecule has 2 aliphatic heterocycles. The smallest absolute Gasteiger partial charge is 0.159 e. The molecule has 7 rings (SSSR count). The number of benzene rings is 2. The van der Waals surface area contributed by atoms with Crippen LogP contribution in [-0.2, 0) is 0 Å². The minimum absolute atomic E-state index is 0.330. The van der Waals surface area contributed by atoms with Crippen LogP contribution in [0.3, 0.4) is 0 Å². The summed E-state index contributed by atoms with van der Waals surface area (Å²) in [5, 5.41) is 7.99. The van der Waals surface area contributed by atoms with E-state index in [1.807, 2.05) is 18.6 Å². The Labute approximate surface area is 209 Å². The summed E-state index contributed by atoms with van der Waals surface area (Å²) in [4.78, 5) is 25.6. The Morgan fingerprint density at radius 2 is 1.25 bits per heavy atom. The van der Waals surface area contributed by atoms with E-state index >= 15 is 0 Å². The molecule has 36 heavy (non-hydrogen) atoms. The SMILES string of the molecule is c1cc(-c2cnc(C3CCCN3)[nH]2)ccc1-c1ncc2cc(-c3cnc(C4CCCN4)[nH]3)ccc2n1. The first-order chi connectivity index (χ1) is 17.8. The summed E-state index contributed by atoms with van der Waals surface area (Å²) in [6.45, 7) is 2.12. The van der Waals surface area contributed by atoms with Crippen LogP contribution in [0.5, 0.6) is 0 Å². The largest absolute Gasteiger partial charge is 0.341 e. The molecule has 8 heteroatoms. The molecule has 2 aromatic carbocycles. The van der Waals surface area contributed by atoms with E-state index in [4.69, 9.17) is 4.98 Å². The molecule has 8 nitrogen and oxygen atoms in total. The predicted octanol–water partition coefficient (Wildman–Crippen LogP) is 4.93. The molecule has 5 aromatic rings. The molecule has 0 radical (unpaired) electrons. The average Bonchev–Trinajstić information content (AvgIpc) is 3.75. The van der Waals surface area contributed by atoms with Gasteiger partial charge in [0.15, 0.2) is 5.82 Å². The number of aromatic amines is 2. The van der Waals surface area contributed by atoms with Gasteiger partial charge in [0.05, 0.1) is 41.4 Å². The second-order valence-electron chi connectivity index (χ2n) is 9.71. The summed E-state index contributed by atoms with van der Waals surface area (Å²) in [5.74, 6) is 2.75. The van der Waals surface area contributed by atoms with Gasteiger partial charge in [-0.25, -0.2) is 19.9 Å². The third-order valence-electron chi connectivity index (χ3n) is 7.32. The van der Waals surface area contributed by atoms with Gasteiger partial charge < -0.3 is 20.6 Å². The highest BCUT2D eigenvalue weighted by Gasteiger charge is 2.20. The van der Waals surface area contributed by atoms with Crippen LogP contribution in [0.4, 0.5) is 0 Å². The second-order valence-corrected chi connectivity index (χ2v) is 9.71. The van der Waals surface area contributed by atoms with Crippen molar-refractivity contribution in [2.75, 3.05) is 13.1 Å². The highest BCUT2D eigenvalue weighted by atomic mass is 15.0. The van der Waals surface area contributed by atoms with Gasteiger partial charge in [-0.2, -0.15) is 0 Å². The third-order valence-corrected chi connectivity index (χ3v) is 7.32. The molecule has 0 aliphatic carbocycles. The van der Waals surface area contributed by atoms with Crippen LogP contribution in [0.2, 0.25) is 0 Å². The minimum atomic E-state index is 0.330. The molecule has 0 saturated carbocycles. The van der Waals surface area contributed by atoms with Gasteiger partial charge in [-0.3, -0.25) is 0 Å². The van der Waals surface area contributed by atoms with Crippen molar-refractivity contribution in [2.45, 2.75) is 37.8 Å². The lowest BCUT2D eigenvalue weighted by Gasteiger charge is -2.07. The molecular formula is C28H28N8. The van der Waals surface area contributed by atoms with Gasteiger partial charge in [0, 0.05) is 22.7 Å². The van der Waals surface area contributed by atoms with Crippen LogP contribution < -0.4 is 10.6 Å². The van der Waals surface area contributed by atoms with Gasteiger partial charge >= 0.3 is 0 Å². The van der Waals surface area contributed by atoms with Crippen molar-refractivity contribution in [3.05, 3.63) is 72.7 Å². The summed E-state index contributed by atoms with van der Waals surface area (Å²) in [7, 11) is 0. The predicted molar refractivity (Wildman–Crippen MR) is 140 cm³/mol. The van der Waals surface area contributed by atoms with E-state index in [1.54, 1.807) is 0 Å². The van der Waals surface area contributed by atoms with E-state index in [0.29, 0.717) is 12.1 Å². The summed E-state index contributed by atoms with van der Waals surface area (Å²) in [6, 6.07) is 15.3. The maximum Gasteiger partial charge on any atom is 0.159 e. The summed E-state index contributed by atoms with van der Waals surface area (Å²) >= 11 is 0. The van der Waals surface area contributed by atoms with Crippen molar-refractivity contribution in [2.24, 2.45) is 0 Å². The first-order valence-corrected chi connectivity index (χ1v) is 12.7. The molecule has 3 aromatic heterocycles. The topological polar surface area (TPSA) is 107 Å². The van der Waals surface area contributed by atoms with Gasteiger partial charge in [-0.05, 0) is 56.5 Å². The van der Waals surface area contributed by atoms with Gasteiger partial charge in [0.2, 0.25) is 0 Å². The Kier molecular flexibility index (Phi) is 5.33. The van der Waals surface area contributed by atoms with Crippen molar-refractivity contribution >= 4 is 10.9 Å². The van der Waals surface area contributed by atoms with Gasteiger partial charge in [-0.15, -0.1) is 0 Å². The van der Waals surface area contributed by atoms with E-state index < -0.39 is 0 Å². The lowest BCUT2D eigenvalue weighted by Crippen LogP contribution is -2.14. The number of nitrogens with zero attached hydrogens (tertiary/aromatic N) is 4. The Morgan fingerprint density at radius 3 is 1.89 bits per heavy atom. The highest BCUT2D eigenvalue weighted by Crippen LogP contribution is 2.28. The van der Waals surface area contributed by atoms with Crippen LogP contribution in [0.15, 0.2) is 61.1 Å². The fraction of sp³-hybridized carbons (Fsp3) is 0.286. The maximum absolute atomic E-state index is 4.83. The molecule has 2 fully saturated rings. The zero-order valence-electron chi connectivity index (χ0n) is 20.0. The Morgan fingerprint density at radius 1 is 0.639 bits per heavy atom. The normalized spacial score (nSPS) is 19.9. The number of fused-ring (bicyclic) bond motifs is 1. The molecule has 5 heterocycles. The molecule has 2 atom stereocenters. The van der Waals surface area contributed by atoms with Crippen LogP contribution >= 0.6 is 0 Å². The van der Waals surface area contributed by atoms with E-state index in [0.717, 1.165) is 82.4 Å². The first-order valence-electron chi connectivity index (χ1n) is 12.7. The zero-order chi connectivity index (χ0) is 23.9. The van der Waals surface area contributed by atoms with Crippen molar-refractivity contribution in [3.63, 3.8) is 0 Å². The average molecular weight is 477 g/mol. The molecule has 4 N–H and O–H groups in total. The van der Waals surface area contributed by atoms with Gasteiger partial charge in [0.25, 0.3) is 0 Å². The lowest BCUT2D eigenvalue weighted by molar-refractivity contribution is 0.613. The van der Waals surface area contributed by atoms with Crippen molar-refractivity contribution < 1.29 is 0 Å². The van der Waals surface area contributed by atoms with E-state index in [-0.39, 0.29) is 0 Å². The van der Waals surface area contributed by atoms with E-state index in [9.17, 15) is 0 Å². The molecule has 0 amide bonds. The summed E-state index contributed by atoms with van der Waals surface area (Å²) in [6.07, 6.45) is 10.4. The molecule has 0 bridgehead atoms. The van der Waals surface area contributed by atoms with E-state index in [1.165, 1.54) is 12.8 Å². The van der Waals surface area contributed by atoms with Crippen molar-refractivity contribution in [3.8, 4) is 33.9 Å². The highest BCUT2D eigenvalue weighted by molar-refractivity contribution is 5.84. The number of H-pyrrole nitrogens is 2. The van der Waals surface area contributed by atoms with Crippen LogP contribution in [0.1, 0.15) is 49.4 Å². The van der Waals surface area contributed by atoms with E-state index in [2.05, 4.69) is 78.0 Å². The number of hydrogen-bond donors (Lipinski definition) is 4. The van der Waals surface area contributed by atoms with Crippen LogP contribution in [-0.4, -0.2) is 43.0 Å². The fourth-order valence-corrected chi connectivity index (χ4v) is 5.30. The fourth-order valence-electron chi connectivity index (χ4n) is 5.30. The Balaban J connectivity index is 1.11. The number of nitrogens with one attached hydrogen (secondary N) is 4. The molecule has 2 saturated heterocycles. The number of aromatic nitrogens is 6. The Bertz CT molecular complexity index is 1500. The molecule has 180 valence electrons. The molecular weight excluding hydrogens is 448 g/mol. The van der Waals surface area contributed by atoms with Gasteiger partial charge in [0.1, 0.15) is 11.6 Å². The minimum Gasteiger partial charge on any atom is -0.341 e. The summed E-state index contributed by atoms with van der Waals surface area (Å²) < 4.78 is 0. The molecule has 0 spiro atoms. The zero-order valence-corrected chi connectivity index (χ0v) is 20.0. The second kappa shape index (κ2) is 8.96. The lowest BCUT2D eigenvalue weighted by atomic mass is 10.1. The van der Waals surface area contributed by atoms with Crippen LogP contribution in [0.25, 0.3) is 44.8 Å². The van der Waals surface area contributed by atoms with Crippen molar-refractivity contribution in [1.29, 1.82) is 0 Å². The quantitative estimate of drug-likeness (QED) is 0.287. The monoisotopic (exact) mass is 476 g/mol. The van der Waals surface area contributed by atoms with Crippen LogP contribution in [0, 0.1) is 0 Å². The standard InChI is InChI=1S/C28H28N8/c1-3-22(29-11-1)27-32-15-24(35-27)17-5-7-18(8-6-17)26-31-14-20-13-19(9-10-21(20)34-26)25-16-33-28(36-25)23-4-2-12-30-23/h5-10,13-16,22-23,29-30H,1-4,11-12H2,(H,32,35)(H,33,36). The Hall–Kier alpha value is -3.88. The maximum atomic E-state index is 4.83. The number of imidazole rings is 2. The first kappa shape index (κ1) is 21.4. The third kappa shape index (κ3) is 3.98. The number of hydrogen-bond acceptors (Lipinski definition) is 6. The molecule has 2 unspecified atom stereocenters. The number of rotatable bonds is 5. The van der Waals surface area contributed by atoms with Gasteiger partial charge in [-0.1, -0.05) is 30.3 Å². The summed E-state index contributed by atoms with van der Waals surface area (Å²) in [5.41, 5.74) is 6.16. The molecule has 2 aliphatic rings. The van der Waals surface area contributed by atoms with Crippen molar-refractivity contribution in [1.82, 2.24) is 40.5 Å².